The molecule has 2 rings (SSSR count). The molecule has 8 heteroatoms. The molecule has 21 heavy (non-hydrogen) atoms. The van der Waals surface area contributed by atoms with Gasteiger partial charge in [0, 0.05) is 19.6 Å². The van der Waals surface area contributed by atoms with Gasteiger partial charge in [-0.3, -0.25) is 0 Å². The molecule has 0 aromatic heterocycles. The van der Waals surface area contributed by atoms with E-state index in [2.05, 4.69) is 4.72 Å². The molecule has 6 nitrogen and oxygen atoms in total. The maximum absolute atomic E-state index is 13.3. The minimum absolute atomic E-state index is 0.100. The number of anilines is 1. The van der Waals surface area contributed by atoms with Crippen molar-refractivity contribution in [2.45, 2.75) is 36.9 Å². The standard InChI is InChI=1S/C13H19FN2O4S/c1-8-5-10(14)11(15)6-12(8)21(18,19)16-7-13(17)3-4-20-9(13)2/h5-6,9,16-17H,3-4,7,15H2,1-2H3. The van der Waals surface area contributed by atoms with E-state index in [4.69, 9.17) is 10.5 Å². The first-order chi connectivity index (χ1) is 9.66. The predicted octanol–water partition coefficient (Wildman–Crippen LogP) is 0.535. The summed E-state index contributed by atoms with van der Waals surface area (Å²) in [5, 5.41) is 10.3. The Bertz CT molecular complexity index is 650. The average Bonchev–Trinajstić information content (AvgIpc) is 2.72. The molecule has 2 atom stereocenters. The zero-order chi connectivity index (χ0) is 15.8. The number of rotatable bonds is 4. The summed E-state index contributed by atoms with van der Waals surface area (Å²) in [6, 6.07) is 2.14. The molecule has 1 fully saturated rings. The molecule has 1 heterocycles. The minimum atomic E-state index is -3.89. The van der Waals surface area contributed by atoms with Crippen LogP contribution in [0.5, 0.6) is 0 Å². The van der Waals surface area contributed by atoms with Gasteiger partial charge in [-0.1, -0.05) is 0 Å². The number of halogens is 1. The van der Waals surface area contributed by atoms with Gasteiger partial charge in [0.15, 0.2) is 0 Å². The molecule has 1 aliphatic heterocycles. The van der Waals surface area contributed by atoms with Crippen molar-refractivity contribution in [1.29, 1.82) is 0 Å². The Labute approximate surface area is 123 Å². The molecule has 0 saturated carbocycles. The molecule has 2 unspecified atom stereocenters. The number of hydrogen-bond donors (Lipinski definition) is 3. The predicted molar refractivity (Wildman–Crippen MR) is 75.7 cm³/mol. The number of aliphatic hydroxyl groups is 1. The minimum Gasteiger partial charge on any atom is -0.396 e. The highest BCUT2D eigenvalue weighted by Gasteiger charge is 2.40. The van der Waals surface area contributed by atoms with Gasteiger partial charge in [-0.25, -0.2) is 17.5 Å². The molecule has 0 spiro atoms. The Morgan fingerprint density at radius 1 is 1.57 bits per heavy atom. The summed E-state index contributed by atoms with van der Waals surface area (Å²) in [6.45, 7) is 3.37. The van der Waals surface area contributed by atoms with Crippen molar-refractivity contribution in [3.63, 3.8) is 0 Å². The lowest BCUT2D eigenvalue weighted by molar-refractivity contribution is -0.0228. The summed E-state index contributed by atoms with van der Waals surface area (Å²) in [5.41, 5.74) is 4.18. The molecule has 118 valence electrons. The second-order valence-corrected chi connectivity index (χ2v) is 7.07. The van der Waals surface area contributed by atoms with Crippen LogP contribution in [0.3, 0.4) is 0 Å². The zero-order valence-corrected chi connectivity index (χ0v) is 12.7. The van der Waals surface area contributed by atoms with E-state index in [1.165, 1.54) is 6.92 Å². The lowest BCUT2D eigenvalue weighted by atomic mass is 9.97. The zero-order valence-electron chi connectivity index (χ0n) is 11.9. The number of benzene rings is 1. The van der Waals surface area contributed by atoms with Crippen molar-refractivity contribution in [2.24, 2.45) is 0 Å². The number of hydrogen-bond acceptors (Lipinski definition) is 5. The number of nitrogens with two attached hydrogens (primary N) is 1. The Balaban J connectivity index is 2.21. The quantitative estimate of drug-likeness (QED) is 0.703. The lowest BCUT2D eigenvalue weighted by Crippen LogP contribution is -2.47. The van der Waals surface area contributed by atoms with Gasteiger partial charge in [0.05, 0.1) is 16.7 Å². The van der Waals surface area contributed by atoms with Gasteiger partial charge in [0.25, 0.3) is 0 Å². The Morgan fingerprint density at radius 3 is 2.81 bits per heavy atom. The number of sulfonamides is 1. The third-order valence-corrected chi connectivity index (χ3v) is 5.35. The van der Waals surface area contributed by atoms with Crippen molar-refractivity contribution in [3.05, 3.63) is 23.5 Å². The van der Waals surface area contributed by atoms with Crippen LogP contribution in [0.2, 0.25) is 0 Å². The lowest BCUT2D eigenvalue weighted by Gasteiger charge is -2.26. The van der Waals surface area contributed by atoms with Crippen molar-refractivity contribution >= 4 is 15.7 Å². The maximum atomic E-state index is 13.3. The first kappa shape index (κ1) is 16.2. The van der Waals surface area contributed by atoms with Gasteiger partial charge in [-0.05, 0) is 31.5 Å². The van der Waals surface area contributed by atoms with Crippen molar-refractivity contribution < 1.29 is 22.7 Å². The molecule has 0 bridgehead atoms. The van der Waals surface area contributed by atoms with E-state index in [-0.39, 0.29) is 22.7 Å². The van der Waals surface area contributed by atoms with Crippen LogP contribution in [0.25, 0.3) is 0 Å². The third kappa shape index (κ3) is 3.18. The van der Waals surface area contributed by atoms with Crippen LogP contribution in [0.15, 0.2) is 17.0 Å². The molecule has 0 aliphatic carbocycles. The first-order valence-corrected chi connectivity index (χ1v) is 8.03. The summed E-state index contributed by atoms with van der Waals surface area (Å²) in [7, 11) is -3.89. The van der Waals surface area contributed by atoms with E-state index in [1.54, 1.807) is 6.92 Å². The molecule has 1 saturated heterocycles. The molecule has 1 aromatic rings. The van der Waals surface area contributed by atoms with Gasteiger partial charge < -0.3 is 15.6 Å². The van der Waals surface area contributed by atoms with Gasteiger partial charge in [-0.15, -0.1) is 0 Å². The Hall–Kier alpha value is -1.22. The Kier molecular flexibility index (Phi) is 4.25. The summed E-state index contributed by atoms with van der Waals surface area (Å²) in [4.78, 5) is -0.100. The van der Waals surface area contributed by atoms with Crippen LogP contribution in [-0.2, 0) is 14.8 Å². The monoisotopic (exact) mass is 318 g/mol. The topological polar surface area (TPSA) is 102 Å². The second kappa shape index (κ2) is 5.53. The van der Waals surface area contributed by atoms with Crippen molar-refractivity contribution in [2.75, 3.05) is 18.9 Å². The summed E-state index contributed by atoms with van der Waals surface area (Å²) in [5.74, 6) is -0.664. The maximum Gasteiger partial charge on any atom is 0.241 e. The highest BCUT2D eigenvalue weighted by Crippen LogP contribution is 2.26. The van der Waals surface area contributed by atoms with Crippen LogP contribution in [0.4, 0.5) is 10.1 Å². The van der Waals surface area contributed by atoms with Crippen LogP contribution in [-0.4, -0.2) is 38.4 Å². The van der Waals surface area contributed by atoms with Gasteiger partial charge in [0.1, 0.15) is 11.4 Å². The van der Waals surface area contributed by atoms with E-state index in [1.807, 2.05) is 0 Å². The summed E-state index contributed by atoms with van der Waals surface area (Å²) in [6.07, 6.45) is -0.110. The second-order valence-electron chi connectivity index (χ2n) is 5.33. The third-order valence-electron chi connectivity index (χ3n) is 3.81. The van der Waals surface area contributed by atoms with Gasteiger partial charge in [0.2, 0.25) is 10.0 Å². The molecular formula is C13H19FN2O4S. The number of aryl methyl sites for hydroxylation is 1. The van der Waals surface area contributed by atoms with E-state index < -0.39 is 27.5 Å². The fourth-order valence-corrected chi connectivity index (χ4v) is 3.62. The summed E-state index contributed by atoms with van der Waals surface area (Å²) >= 11 is 0. The number of ether oxygens (including phenoxy) is 1. The van der Waals surface area contributed by atoms with Crippen molar-refractivity contribution in [1.82, 2.24) is 4.72 Å². The molecule has 0 amide bonds. The van der Waals surface area contributed by atoms with Crippen molar-refractivity contribution in [3.8, 4) is 0 Å². The molecule has 1 aliphatic rings. The van der Waals surface area contributed by atoms with Gasteiger partial charge in [-0.2, -0.15) is 0 Å². The van der Waals surface area contributed by atoms with E-state index in [0.29, 0.717) is 13.0 Å². The average molecular weight is 318 g/mol. The fourth-order valence-electron chi connectivity index (χ4n) is 2.26. The smallest absolute Gasteiger partial charge is 0.241 e. The Morgan fingerprint density at radius 2 is 2.24 bits per heavy atom. The molecule has 4 N–H and O–H groups in total. The highest BCUT2D eigenvalue weighted by atomic mass is 32.2. The molecular weight excluding hydrogens is 299 g/mol. The van der Waals surface area contributed by atoms with Gasteiger partial charge >= 0.3 is 0 Å². The highest BCUT2D eigenvalue weighted by molar-refractivity contribution is 7.89. The SMILES string of the molecule is Cc1cc(F)c(N)cc1S(=O)(=O)NCC1(O)CCOC1C. The fraction of sp³-hybridized carbons (Fsp3) is 0.538. The van der Waals surface area contributed by atoms with E-state index >= 15 is 0 Å². The summed E-state index contributed by atoms with van der Waals surface area (Å²) < 4.78 is 45.4. The van der Waals surface area contributed by atoms with E-state index in [9.17, 15) is 17.9 Å². The molecule has 0 radical (unpaired) electrons. The largest absolute Gasteiger partial charge is 0.396 e. The van der Waals surface area contributed by atoms with Crippen LogP contribution >= 0.6 is 0 Å². The van der Waals surface area contributed by atoms with Crippen LogP contribution < -0.4 is 10.5 Å². The van der Waals surface area contributed by atoms with Crippen LogP contribution in [0.1, 0.15) is 18.9 Å². The number of nitrogens with one attached hydrogen (secondary N) is 1. The van der Waals surface area contributed by atoms with Crippen LogP contribution in [0, 0.1) is 12.7 Å². The normalized spacial score (nSPS) is 26.2. The first-order valence-electron chi connectivity index (χ1n) is 6.55. The van der Waals surface area contributed by atoms with E-state index in [0.717, 1.165) is 12.1 Å². The number of nitrogen functional groups attached to an aromatic ring is 1. The molecule has 1 aromatic carbocycles.